The predicted molar refractivity (Wildman–Crippen MR) is 113 cm³/mol. The molecule has 0 aliphatic carbocycles. The van der Waals surface area contributed by atoms with Gasteiger partial charge in [0.1, 0.15) is 11.2 Å². The molecule has 134 valence electrons. The highest BCUT2D eigenvalue weighted by molar-refractivity contribution is 6.32. The van der Waals surface area contributed by atoms with Crippen LogP contribution in [0.4, 0.5) is 0 Å². The maximum absolute atomic E-state index is 13.3. The third-order valence-electron chi connectivity index (χ3n) is 4.72. The number of benzene rings is 3. The number of rotatable bonds is 2. The summed E-state index contributed by atoms with van der Waals surface area (Å²) in [7, 11) is 0. The van der Waals surface area contributed by atoms with Crippen molar-refractivity contribution in [1.29, 1.82) is 0 Å². The molecule has 4 nitrogen and oxygen atoms in total. The molecule has 2 heterocycles. The zero-order valence-corrected chi connectivity index (χ0v) is 15.5. The van der Waals surface area contributed by atoms with Crippen LogP contribution in [-0.4, -0.2) is 14.5 Å². The van der Waals surface area contributed by atoms with Crippen LogP contribution in [0.15, 0.2) is 89.7 Å². The Morgan fingerprint density at radius 1 is 0.714 bits per heavy atom. The maximum Gasteiger partial charge on any atom is 0.264 e. The number of nitrogens with zero attached hydrogens (tertiary/aromatic N) is 3. The summed E-state index contributed by atoms with van der Waals surface area (Å²) in [5.41, 5.74) is 3.09. The second-order valence-corrected chi connectivity index (χ2v) is 6.78. The predicted octanol–water partition coefficient (Wildman–Crippen LogP) is 5.25. The van der Waals surface area contributed by atoms with Crippen LogP contribution in [0.1, 0.15) is 0 Å². The number of hydrogen-bond donors (Lipinski definition) is 0. The van der Waals surface area contributed by atoms with Gasteiger partial charge in [-0.3, -0.25) is 9.36 Å². The van der Waals surface area contributed by atoms with Gasteiger partial charge in [-0.2, -0.15) is 0 Å². The summed E-state index contributed by atoms with van der Waals surface area (Å²) in [5.74, 6) is 0. The highest BCUT2D eigenvalue weighted by Gasteiger charge is 2.17. The molecule has 2 aromatic heterocycles. The quantitative estimate of drug-likeness (QED) is 0.391. The van der Waals surface area contributed by atoms with E-state index in [9.17, 15) is 4.79 Å². The molecule has 28 heavy (non-hydrogen) atoms. The summed E-state index contributed by atoms with van der Waals surface area (Å²) >= 11 is 6.52. The molecule has 3 aromatic carbocycles. The van der Waals surface area contributed by atoms with Crippen LogP contribution in [0.5, 0.6) is 0 Å². The van der Waals surface area contributed by atoms with Gasteiger partial charge in [-0.25, -0.2) is 9.97 Å². The second-order valence-electron chi connectivity index (χ2n) is 6.42. The molecule has 5 heteroatoms. The highest BCUT2D eigenvalue weighted by atomic mass is 35.5. The minimum atomic E-state index is -0.134. The number of aromatic nitrogens is 3. The first kappa shape index (κ1) is 16.7. The largest absolute Gasteiger partial charge is 0.268 e. The number of halogens is 1. The molecule has 0 amide bonds. The molecule has 5 rings (SSSR count). The second kappa shape index (κ2) is 6.59. The van der Waals surface area contributed by atoms with E-state index in [-0.39, 0.29) is 5.56 Å². The van der Waals surface area contributed by atoms with Crippen molar-refractivity contribution in [3.63, 3.8) is 0 Å². The van der Waals surface area contributed by atoms with Gasteiger partial charge in [-0.1, -0.05) is 78.3 Å². The van der Waals surface area contributed by atoms with Crippen LogP contribution in [0.2, 0.25) is 5.15 Å². The fraction of sp³-hybridized carbons (Fsp3) is 0. The first-order valence-electron chi connectivity index (χ1n) is 8.86. The Morgan fingerprint density at radius 2 is 1.32 bits per heavy atom. The average Bonchev–Trinajstić information content (AvgIpc) is 2.75. The molecule has 0 saturated heterocycles. The van der Waals surface area contributed by atoms with E-state index in [1.54, 1.807) is 10.6 Å². The van der Waals surface area contributed by atoms with E-state index < -0.39 is 0 Å². The first-order chi connectivity index (χ1) is 13.7. The van der Waals surface area contributed by atoms with Gasteiger partial charge in [0.2, 0.25) is 0 Å². The molecular weight excluding hydrogens is 370 g/mol. The average molecular weight is 384 g/mol. The summed E-state index contributed by atoms with van der Waals surface area (Å²) < 4.78 is 1.60. The van der Waals surface area contributed by atoms with Crippen molar-refractivity contribution in [1.82, 2.24) is 14.5 Å². The van der Waals surface area contributed by atoms with E-state index in [4.69, 9.17) is 16.6 Å². The maximum atomic E-state index is 13.3. The van der Waals surface area contributed by atoms with Crippen molar-refractivity contribution in [2.75, 3.05) is 0 Å². The van der Waals surface area contributed by atoms with E-state index in [1.807, 2.05) is 78.9 Å². The molecule has 5 aromatic rings. The molecule has 0 aliphatic rings. The van der Waals surface area contributed by atoms with Gasteiger partial charge in [0.05, 0.1) is 5.69 Å². The third-order valence-corrected chi connectivity index (χ3v) is 4.99. The van der Waals surface area contributed by atoms with Gasteiger partial charge in [0.25, 0.3) is 5.56 Å². The molecule has 0 unspecified atom stereocenters. The third kappa shape index (κ3) is 2.58. The van der Waals surface area contributed by atoms with Crippen LogP contribution in [-0.2, 0) is 0 Å². The Hall–Kier alpha value is -3.50. The van der Waals surface area contributed by atoms with Gasteiger partial charge in [-0.05, 0) is 18.2 Å². The summed E-state index contributed by atoms with van der Waals surface area (Å²) in [6.45, 7) is 0. The van der Waals surface area contributed by atoms with Gasteiger partial charge in [-0.15, -0.1) is 0 Å². The zero-order valence-electron chi connectivity index (χ0n) is 14.7. The molecule has 0 radical (unpaired) electrons. The number of pyridine rings is 1. The topological polar surface area (TPSA) is 47.8 Å². The van der Waals surface area contributed by atoms with Gasteiger partial charge in [0.15, 0.2) is 10.8 Å². The van der Waals surface area contributed by atoms with E-state index in [1.165, 1.54) is 0 Å². The Bertz CT molecular complexity index is 1380. The Morgan fingerprint density at radius 3 is 2.04 bits per heavy atom. The lowest BCUT2D eigenvalue weighted by Gasteiger charge is -2.14. The van der Waals surface area contributed by atoms with Crippen molar-refractivity contribution in [2.24, 2.45) is 0 Å². The van der Waals surface area contributed by atoms with Gasteiger partial charge in [0, 0.05) is 16.3 Å². The molecular formula is C23H14ClN3O. The normalized spacial score (nSPS) is 11.2. The smallest absolute Gasteiger partial charge is 0.264 e. The zero-order chi connectivity index (χ0) is 19.1. The van der Waals surface area contributed by atoms with Crippen LogP contribution >= 0.6 is 11.6 Å². The van der Waals surface area contributed by atoms with Crippen molar-refractivity contribution in [3.8, 4) is 16.9 Å². The number of hydrogen-bond acceptors (Lipinski definition) is 3. The number of fused-ring (bicyclic) bond motifs is 3. The van der Waals surface area contributed by atoms with Gasteiger partial charge < -0.3 is 0 Å². The number of para-hydroxylation sites is 1. The minimum Gasteiger partial charge on any atom is -0.268 e. The summed E-state index contributed by atoms with van der Waals surface area (Å²) in [5, 5.41) is 1.63. The molecule has 0 aliphatic heterocycles. The first-order valence-corrected chi connectivity index (χ1v) is 9.24. The lowest BCUT2D eigenvalue weighted by atomic mass is 10.1. The van der Waals surface area contributed by atoms with Crippen molar-refractivity contribution in [3.05, 3.63) is 100 Å². The van der Waals surface area contributed by atoms with E-state index in [2.05, 4.69) is 4.98 Å². The van der Waals surface area contributed by atoms with Crippen molar-refractivity contribution < 1.29 is 0 Å². The molecule has 0 N–H and O–H groups in total. The van der Waals surface area contributed by atoms with Crippen LogP contribution in [0.3, 0.4) is 0 Å². The fourth-order valence-corrected chi connectivity index (χ4v) is 3.67. The monoisotopic (exact) mass is 383 g/mol. The molecule has 0 fully saturated rings. The molecule has 0 atom stereocenters. The van der Waals surface area contributed by atoms with E-state index in [0.29, 0.717) is 27.4 Å². The Balaban J connectivity index is 1.98. The lowest BCUT2D eigenvalue weighted by Crippen LogP contribution is -2.20. The van der Waals surface area contributed by atoms with Crippen LogP contribution in [0.25, 0.3) is 38.9 Å². The van der Waals surface area contributed by atoms with E-state index >= 15 is 0 Å². The molecule has 0 saturated carbocycles. The summed E-state index contributed by atoms with van der Waals surface area (Å²) in [4.78, 5) is 22.8. The molecule has 0 spiro atoms. The van der Waals surface area contributed by atoms with Crippen molar-refractivity contribution in [2.45, 2.75) is 0 Å². The van der Waals surface area contributed by atoms with Crippen LogP contribution in [0, 0.1) is 0 Å². The van der Waals surface area contributed by atoms with E-state index in [0.717, 1.165) is 16.6 Å². The van der Waals surface area contributed by atoms with Crippen molar-refractivity contribution >= 4 is 33.5 Å². The standard InChI is InChI=1S/C23H14ClN3O/c24-21-19(15-9-3-1-4-10-15)26-22-20(25-21)17-13-7-8-14-18(17)23(28)27(22)16-11-5-2-6-12-16/h1-14H. The highest BCUT2D eigenvalue weighted by Crippen LogP contribution is 2.30. The Labute approximate surface area is 165 Å². The lowest BCUT2D eigenvalue weighted by molar-refractivity contribution is 1.02. The summed E-state index contributed by atoms with van der Waals surface area (Å²) in [6.07, 6.45) is 0. The Kier molecular flexibility index (Phi) is 3.92. The summed E-state index contributed by atoms with van der Waals surface area (Å²) in [6, 6.07) is 26.5. The van der Waals surface area contributed by atoms with Crippen LogP contribution < -0.4 is 5.56 Å². The van der Waals surface area contributed by atoms with Gasteiger partial charge >= 0.3 is 0 Å². The minimum absolute atomic E-state index is 0.134. The fourth-order valence-electron chi connectivity index (χ4n) is 3.43. The SMILES string of the molecule is O=c1c2ccccc2c2nc(Cl)c(-c3ccccc3)nc2n1-c1ccccc1. The molecule has 0 bridgehead atoms.